The molecule has 1 aromatic heterocycles. The molecule has 0 radical (unpaired) electrons. The van der Waals surface area contributed by atoms with E-state index in [9.17, 15) is 4.79 Å². The molecule has 1 N–H and O–H groups in total. The first-order chi connectivity index (χ1) is 6.77. The van der Waals surface area contributed by atoms with Gasteiger partial charge in [-0.15, -0.1) is 0 Å². The molecule has 0 aliphatic carbocycles. The summed E-state index contributed by atoms with van der Waals surface area (Å²) in [5.74, 6) is 0.172. The molecule has 4 heteroatoms. The van der Waals surface area contributed by atoms with E-state index in [1.165, 1.54) is 0 Å². The predicted molar refractivity (Wildman–Crippen MR) is 54.2 cm³/mol. The first kappa shape index (κ1) is 8.97. The van der Waals surface area contributed by atoms with Gasteiger partial charge in [-0.25, -0.2) is 4.98 Å². The zero-order valence-electron chi connectivity index (χ0n) is 7.20. The Morgan fingerprint density at radius 1 is 1.29 bits per heavy atom. The van der Waals surface area contributed by atoms with E-state index < -0.39 is 5.24 Å². The molecular weight excluding hydrogens is 200 g/mol. The lowest BCUT2D eigenvalue weighted by Crippen LogP contribution is -1.90. The first-order valence-electron chi connectivity index (χ1n) is 4.07. The van der Waals surface area contributed by atoms with Crippen molar-refractivity contribution in [1.29, 1.82) is 0 Å². The molecule has 0 spiro atoms. The number of hydrogen-bond donors (Lipinski definition) is 1. The van der Waals surface area contributed by atoms with E-state index in [-0.39, 0.29) is 5.82 Å². The Hall–Kier alpha value is -1.61. The van der Waals surface area contributed by atoms with Gasteiger partial charge in [0, 0.05) is 0 Å². The Bertz CT molecular complexity index is 450. The Morgan fingerprint density at radius 2 is 2.00 bits per heavy atom. The molecule has 0 bridgehead atoms. The second-order valence-electron chi connectivity index (χ2n) is 2.79. The molecule has 0 amide bonds. The van der Waals surface area contributed by atoms with Gasteiger partial charge in [-0.3, -0.25) is 4.79 Å². The molecule has 0 aliphatic rings. The van der Waals surface area contributed by atoms with Gasteiger partial charge in [-0.1, -0.05) is 30.3 Å². The summed E-state index contributed by atoms with van der Waals surface area (Å²) >= 11 is 5.27. The number of nitrogens with one attached hydrogen (secondary N) is 1. The van der Waals surface area contributed by atoms with Gasteiger partial charge >= 0.3 is 0 Å². The molecule has 1 heterocycles. The number of carbonyl (C=O) groups excluding carboxylic acids is 1. The average Bonchev–Trinajstić information content (AvgIpc) is 2.68. The van der Waals surface area contributed by atoms with Gasteiger partial charge in [0.05, 0.1) is 11.9 Å². The van der Waals surface area contributed by atoms with Crippen molar-refractivity contribution in [3.05, 3.63) is 42.4 Å². The molecule has 0 unspecified atom stereocenters. The second kappa shape index (κ2) is 3.64. The summed E-state index contributed by atoms with van der Waals surface area (Å²) in [5, 5.41) is -0.577. The molecule has 0 fully saturated rings. The molecular formula is C10H7ClN2O. The molecule has 2 aromatic rings. The third-order valence-corrected chi connectivity index (χ3v) is 2.03. The van der Waals surface area contributed by atoms with Crippen LogP contribution in [0.25, 0.3) is 11.3 Å². The fourth-order valence-electron chi connectivity index (χ4n) is 1.19. The van der Waals surface area contributed by atoms with Crippen LogP contribution in [-0.2, 0) is 0 Å². The Kier molecular flexibility index (Phi) is 2.33. The van der Waals surface area contributed by atoms with E-state index in [1.54, 1.807) is 6.20 Å². The van der Waals surface area contributed by atoms with E-state index in [2.05, 4.69) is 9.97 Å². The summed E-state index contributed by atoms with van der Waals surface area (Å²) in [7, 11) is 0. The first-order valence-corrected chi connectivity index (χ1v) is 4.45. The van der Waals surface area contributed by atoms with Crippen molar-refractivity contribution >= 4 is 16.8 Å². The van der Waals surface area contributed by atoms with Gasteiger partial charge in [-0.2, -0.15) is 0 Å². The summed E-state index contributed by atoms with van der Waals surface area (Å²) in [5.41, 5.74) is 1.76. The third-order valence-electron chi connectivity index (χ3n) is 1.85. The Balaban J connectivity index is 2.39. The summed E-state index contributed by atoms with van der Waals surface area (Å²) in [6.07, 6.45) is 1.59. The maximum atomic E-state index is 10.8. The zero-order chi connectivity index (χ0) is 9.97. The highest BCUT2D eigenvalue weighted by molar-refractivity contribution is 6.67. The number of halogens is 1. The zero-order valence-corrected chi connectivity index (χ0v) is 7.95. The normalized spacial score (nSPS) is 10.1. The molecule has 14 heavy (non-hydrogen) atoms. The van der Waals surface area contributed by atoms with Crippen LogP contribution < -0.4 is 0 Å². The topological polar surface area (TPSA) is 45.8 Å². The third kappa shape index (κ3) is 1.67. The van der Waals surface area contributed by atoms with Crippen LogP contribution in [0.4, 0.5) is 0 Å². The standard InChI is InChI=1S/C10H7ClN2O/c11-9(14)10-12-6-8(13-10)7-4-2-1-3-5-7/h1-6H,(H,12,13). The van der Waals surface area contributed by atoms with E-state index in [0.29, 0.717) is 0 Å². The minimum atomic E-state index is -0.577. The smallest absolute Gasteiger partial charge is 0.287 e. The highest BCUT2D eigenvalue weighted by Gasteiger charge is 2.07. The lowest BCUT2D eigenvalue weighted by atomic mass is 10.2. The SMILES string of the molecule is O=C(Cl)c1ncc(-c2ccccc2)[nH]1. The van der Waals surface area contributed by atoms with Crippen LogP contribution in [-0.4, -0.2) is 15.2 Å². The Labute approximate surface area is 85.7 Å². The number of nitrogens with zero attached hydrogens (tertiary/aromatic N) is 1. The van der Waals surface area contributed by atoms with Crippen LogP contribution in [0.2, 0.25) is 0 Å². The van der Waals surface area contributed by atoms with Crippen LogP contribution in [0.3, 0.4) is 0 Å². The predicted octanol–water partition coefficient (Wildman–Crippen LogP) is 2.46. The summed E-state index contributed by atoms with van der Waals surface area (Å²) in [6, 6.07) is 9.61. The summed E-state index contributed by atoms with van der Waals surface area (Å²) in [4.78, 5) is 17.5. The van der Waals surface area contributed by atoms with Crippen molar-refractivity contribution in [3.63, 3.8) is 0 Å². The van der Waals surface area contributed by atoms with Crippen molar-refractivity contribution < 1.29 is 4.79 Å². The van der Waals surface area contributed by atoms with Crippen molar-refractivity contribution in [1.82, 2.24) is 9.97 Å². The van der Waals surface area contributed by atoms with Gasteiger partial charge in [0.2, 0.25) is 0 Å². The number of aromatic nitrogens is 2. The average molecular weight is 207 g/mol. The lowest BCUT2D eigenvalue weighted by molar-refractivity contribution is 0.107. The van der Waals surface area contributed by atoms with Crippen molar-refractivity contribution in [3.8, 4) is 11.3 Å². The van der Waals surface area contributed by atoms with E-state index in [0.717, 1.165) is 11.3 Å². The van der Waals surface area contributed by atoms with Crippen molar-refractivity contribution in [2.24, 2.45) is 0 Å². The van der Waals surface area contributed by atoms with Gasteiger partial charge in [0.1, 0.15) is 0 Å². The van der Waals surface area contributed by atoms with Gasteiger partial charge in [-0.05, 0) is 17.2 Å². The number of H-pyrrole nitrogens is 1. The highest BCUT2D eigenvalue weighted by Crippen LogP contribution is 2.16. The molecule has 1 aromatic carbocycles. The van der Waals surface area contributed by atoms with Gasteiger partial charge < -0.3 is 4.98 Å². The number of hydrogen-bond acceptors (Lipinski definition) is 2. The molecule has 0 aliphatic heterocycles. The fourth-order valence-corrected chi connectivity index (χ4v) is 1.28. The molecule has 0 atom stereocenters. The summed E-state index contributed by atoms with van der Waals surface area (Å²) < 4.78 is 0. The van der Waals surface area contributed by atoms with Crippen molar-refractivity contribution in [2.75, 3.05) is 0 Å². The molecule has 2 rings (SSSR count). The van der Waals surface area contributed by atoms with Crippen LogP contribution in [0.15, 0.2) is 36.5 Å². The number of aromatic amines is 1. The molecule has 3 nitrogen and oxygen atoms in total. The van der Waals surface area contributed by atoms with Crippen molar-refractivity contribution in [2.45, 2.75) is 0 Å². The number of carbonyl (C=O) groups is 1. The van der Waals surface area contributed by atoms with E-state index in [4.69, 9.17) is 11.6 Å². The maximum Gasteiger partial charge on any atom is 0.287 e. The minimum Gasteiger partial charge on any atom is -0.334 e. The maximum absolute atomic E-state index is 10.8. The van der Waals surface area contributed by atoms with Crippen LogP contribution >= 0.6 is 11.6 Å². The van der Waals surface area contributed by atoms with E-state index in [1.807, 2.05) is 30.3 Å². The van der Waals surface area contributed by atoms with E-state index >= 15 is 0 Å². The molecule has 0 saturated carbocycles. The molecule has 0 saturated heterocycles. The quantitative estimate of drug-likeness (QED) is 0.768. The van der Waals surface area contributed by atoms with Crippen LogP contribution in [0, 0.1) is 0 Å². The number of rotatable bonds is 2. The fraction of sp³-hybridized carbons (Fsp3) is 0. The highest BCUT2D eigenvalue weighted by atomic mass is 35.5. The number of imidazole rings is 1. The van der Waals surface area contributed by atoms with Crippen LogP contribution in [0.1, 0.15) is 10.6 Å². The second-order valence-corrected chi connectivity index (χ2v) is 3.13. The van der Waals surface area contributed by atoms with Gasteiger partial charge in [0.25, 0.3) is 5.24 Å². The molecule has 70 valence electrons. The minimum absolute atomic E-state index is 0.172. The lowest BCUT2D eigenvalue weighted by Gasteiger charge is -1.94. The number of benzene rings is 1. The largest absolute Gasteiger partial charge is 0.334 e. The Morgan fingerprint density at radius 3 is 2.57 bits per heavy atom. The monoisotopic (exact) mass is 206 g/mol. The van der Waals surface area contributed by atoms with Gasteiger partial charge in [0.15, 0.2) is 5.82 Å². The summed E-state index contributed by atoms with van der Waals surface area (Å²) in [6.45, 7) is 0. The van der Waals surface area contributed by atoms with Crippen LogP contribution in [0.5, 0.6) is 0 Å².